The predicted molar refractivity (Wildman–Crippen MR) is 86.2 cm³/mol. The van der Waals surface area contributed by atoms with E-state index in [1.807, 2.05) is 30.0 Å². The van der Waals surface area contributed by atoms with Gasteiger partial charge in [-0.3, -0.25) is 4.79 Å². The number of benzene rings is 1. The van der Waals surface area contributed by atoms with E-state index in [2.05, 4.69) is 15.9 Å². The highest BCUT2D eigenvalue weighted by Crippen LogP contribution is 2.38. The Labute approximate surface area is 134 Å². The smallest absolute Gasteiger partial charge is 0.255 e. The third-order valence-corrected chi connectivity index (χ3v) is 5.67. The molecule has 1 heterocycles. The van der Waals surface area contributed by atoms with Crippen LogP contribution >= 0.6 is 28.3 Å². The molecule has 0 aromatic heterocycles. The maximum Gasteiger partial charge on any atom is 0.255 e. The van der Waals surface area contributed by atoms with Crippen molar-refractivity contribution in [1.29, 1.82) is 0 Å². The Morgan fingerprint density at radius 2 is 2.10 bits per heavy atom. The van der Waals surface area contributed by atoms with Crippen molar-refractivity contribution >= 4 is 34.2 Å². The van der Waals surface area contributed by atoms with Gasteiger partial charge in [-0.1, -0.05) is 12.1 Å². The zero-order valence-corrected chi connectivity index (χ0v) is 13.9. The molecule has 1 aliphatic carbocycles. The minimum atomic E-state index is 0. The SMILES string of the molecule is Cc1cccc(C(=O)N2CC3CCC(N)C3C2)c1Br.Cl. The number of carbonyl (C=O) groups is 1. The Morgan fingerprint density at radius 3 is 2.80 bits per heavy atom. The van der Waals surface area contributed by atoms with E-state index in [-0.39, 0.29) is 24.4 Å². The molecule has 3 rings (SSSR count). The highest BCUT2D eigenvalue weighted by Gasteiger charge is 2.42. The molecule has 3 atom stereocenters. The van der Waals surface area contributed by atoms with Gasteiger partial charge in [0.15, 0.2) is 0 Å². The molecule has 1 amide bonds. The van der Waals surface area contributed by atoms with Gasteiger partial charge in [0.25, 0.3) is 5.91 Å². The molecule has 110 valence electrons. The molecule has 3 nitrogen and oxygen atoms in total. The fourth-order valence-corrected chi connectivity index (χ4v) is 3.89. The first kappa shape index (κ1) is 15.8. The zero-order chi connectivity index (χ0) is 13.6. The maximum absolute atomic E-state index is 12.6. The fourth-order valence-electron chi connectivity index (χ4n) is 3.46. The Kier molecular flexibility index (Phi) is 4.77. The second kappa shape index (κ2) is 6.04. The summed E-state index contributed by atoms with van der Waals surface area (Å²) in [6, 6.07) is 6.13. The fraction of sp³-hybridized carbons (Fsp3) is 0.533. The molecule has 1 aliphatic heterocycles. The van der Waals surface area contributed by atoms with E-state index in [4.69, 9.17) is 5.73 Å². The number of hydrogen-bond donors (Lipinski definition) is 1. The van der Waals surface area contributed by atoms with E-state index in [1.165, 1.54) is 6.42 Å². The normalized spacial score (nSPS) is 28.1. The summed E-state index contributed by atoms with van der Waals surface area (Å²) < 4.78 is 0.918. The number of nitrogens with zero attached hydrogens (tertiary/aromatic N) is 1. The lowest BCUT2D eigenvalue weighted by atomic mass is 9.98. The highest BCUT2D eigenvalue weighted by atomic mass is 79.9. The lowest BCUT2D eigenvalue weighted by molar-refractivity contribution is 0.0778. The predicted octanol–water partition coefficient (Wildman–Crippen LogP) is 2.99. The number of likely N-dealkylation sites (tertiary alicyclic amines) is 1. The van der Waals surface area contributed by atoms with Gasteiger partial charge in [-0.2, -0.15) is 0 Å². The van der Waals surface area contributed by atoms with Gasteiger partial charge in [0.1, 0.15) is 0 Å². The molecule has 0 bridgehead atoms. The van der Waals surface area contributed by atoms with Crippen LogP contribution in [0.1, 0.15) is 28.8 Å². The number of hydrogen-bond acceptors (Lipinski definition) is 2. The van der Waals surface area contributed by atoms with Crippen molar-refractivity contribution in [2.75, 3.05) is 13.1 Å². The molecule has 1 saturated heterocycles. The van der Waals surface area contributed by atoms with E-state index in [0.29, 0.717) is 11.8 Å². The summed E-state index contributed by atoms with van der Waals surface area (Å²) in [4.78, 5) is 14.6. The van der Waals surface area contributed by atoms with Crippen molar-refractivity contribution in [2.45, 2.75) is 25.8 Å². The van der Waals surface area contributed by atoms with Crippen LogP contribution < -0.4 is 5.73 Å². The molecule has 2 fully saturated rings. The first-order valence-electron chi connectivity index (χ1n) is 6.88. The first-order chi connectivity index (χ1) is 9.08. The van der Waals surface area contributed by atoms with Crippen LogP contribution in [-0.4, -0.2) is 29.9 Å². The minimum absolute atomic E-state index is 0. The molecular weight excluding hydrogens is 340 g/mol. The van der Waals surface area contributed by atoms with Gasteiger partial charge in [-0.25, -0.2) is 0 Å². The monoisotopic (exact) mass is 358 g/mol. The van der Waals surface area contributed by atoms with Gasteiger partial charge >= 0.3 is 0 Å². The third kappa shape index (κ3) is 2.61. The third-order valence-electron chi connectivity index (χ3n) is 4.62. The maximum atomic E-state index is 12.6. The Morgan fingerprint density at radius 1 is 1.35 bits per heavy atom. The molecule has 0 radical (unpaired) electrons. The van der Waals surface area contributed by atoms with Crippen LogP contribution in [0.5, 0.6) is 0 Å². The highest BCUT2D eigenvalue weighted by molar-refractivity contribution is 9.10. The zero-order valence-electron chi connectivity index (χ0n) is 11.5. The van der Waals surface area contributed by atoms with Crippen LogP contribution in [0.25, 0.3) is 0 Å². The number of fused-ring (bicyclic) bond motifs is 1. The lowest BCUT2D eigenvalue weighted by Gasteiger charge is -2.20. The van der Waals surface area contributed by atoms with E-state index >= 15 is 0 Å². The summed E-state index contributed by atoms with van der Waals surface area (Å²) in [5.74, 6) is 1.26. The van der Waals surface area contributed by atoms with Crippen molar-refractivity contribution in [1.82, 2.24) is 4.90 Å². The second-order valence-corrected chi connectivity index (χ2v) is 6.60. The van der Waals surface area contributed by atoms with Gasteiger partial charge in [-0.05, 0) is 59.2 Å². The number of amides is 1. The summed E-state index contributed by atoms with van der Waals surface area (Å²) in [5.41, 5.74) is 8.00. The summed E-state index contributed by atoms with van der Waals surface area (Å²) in [7, 11) is 0. The first-order valence-corrected chi connectivity index (χ1v) is 7.67. The van der Waals surface area contributed by atoms with E-state index in [9.17, 15) is 4.79 Å². The van der Waals surface area contributed by atoms with Crippen molar-refractivity contribution in [2.24, 2.45) is 17.6 Å². The molecule has 20 heavy (non-hydrogen) atoms. The van der Waals surface area contributed by atoms with Gasteiger partial charge in [-0.15, -0.1) is 12.4 Å². The number of halogens is 2. The molecule has 5 heteroatoms. The van der Waals surface area contributed by atoms with E-state index in [0.717, 1.165) is 35.1 Å². The largest absolute Gasteiger partial charge is 0.338 e. The van der Waals surface area contributed by atoms with Crippen molar-refractivity contribution < 1.29 is 4.79 Å². The Hall–Kier alpha value is -0.580. The van der Waals surface area contributed by atoms with Gasteiger partial charge in [0, 0.05) is 23.6 Å². The topological polar surface area (TPSA) is 46.3 Å². The summed E-state index contributed by atoms with van der Waals surface area (Å²) in [5, 5.41) is 0. The lowest BCUT2D eigenvalue weighted by Crippen LogP contribution is -2.33. The summed E-state index contributed by atoms with van der Waals surface area (Å²) >= 11 is 3.53. The summed E-state index contributed by atoms with van der Waals surface area (Å²) in [6.07, 6.45) is 2.29. The van der Waals surface area contributed by atoms with Crippen LogP contribution in [0.4, 0.5) is 0 Å². The standard InChI is InChI=1S/C15H19BrN2O.ClH/c1-9-3-2-4-11(14(9)16)15(19)18-7-10-5-6-13(17)12(10)8-18;/h2-4,10,12-13H,5-8,17H2,1H3;1H. The van der Waals surface area contributed by atoms with Crippen molar-refractivity contribution in [3.63, 3.8) is 0 Å². The Bertz CT molecular complexity index is 523. The molecule has 1 aromatic carbocycles. The summed E-state index contributed by atoms with van der Waals surface area (Å²) in [6.45, 7) is 3.71. The molecule has 0 spiro atoms. The average Bonchev–Trinajstić information content (AvgIpc) is 2.95. The van der Waals surface area contributed by atoms with E-state index in [1.54, 1.807) is 0 Å². The molecule has 1 aromatic rings. The molecule has 2 N–H and O–H groups in total. The quantitative estimate of drug-likeness (QED) is 0.838. The van der Waals surface area contributed by atoms with Crippen molar-refractivity contribution in [3.8, 4) is 0 Å². The number of nitrogens with two attached hydrogens (primary N) is 1. The number of aryl methyl sites for hydroxylation is 1. The van der Waals surface area contributed by atoms with Crippen LogP contribution in [0.15, 0.2) is 22.7 Å². The van der Waals surface area contributed by atoms with E-state index < -0.39 is 0 Å². The van der Waals surface area contributed by atoms with Crippen LogP contribution in [-0.2, 0) is 0 Å². The van der Waals surface area contributed by atoms with Gasteiger partial charge in [0.05, 0.1) is 5.56 Å². The molecular formula is C15H20BrClN2O. The van der Waals surface area contributed by atoms with Gasteiger partial charge < -0.3 is 10.6 Å². The van der Waals surface area contributed by atoms with Gasteiger partial charge in [0.2, 0.25) is 0 Å². The second-order valence-electron chi connectivity index (χ2n) is 5.81. The number of rotatable bonds is 1. The Balaban J connectivity index is 0.00000147. The van der Waals surface area contributed by atoms with Crippen molar-refractivity contribution in [3.05, 3.63) is 33.8 Å². The minimum Gasteiger partial charge on any atom is -0.338 e. The number of carbonyl (C=O) groups excluding carboxylic acids is 1. The molecule has 1 saturated carbocycles. The molecule has 2 aliphatic rings. The van der Waals surface area contributed by atoms with Crippen LogP contribution in [0, 0.1) is 18.8 Å². The average molecular weight is 360 g/mol. The van der Waals surface area contributed by atoms with Crippen LogP contribution in [0.3, 0.4) is 0 Å². The van der Waals surface area contributed by atoms with Crippen LogP contribution in [0.2, 0.25) is 0 Å². The molecule has 3 unspecified atom stereocenters.